The monoisotopic (exact) mass is 276 g/mol. The highest BCUT2D eigenvalue weighted by molar-refractivity contribution is 5.80. The Morgan fingerprint density at radius 3 is 2.10 bits per heavy atom. The molecule has 2 N–H and O–H groups in total. The minimum atomic E-state index is 0.305. The van der Waals surface area contributed by atoms with Gasteiger partial charge in [-0.15, -0.1) is 0 Å². The SMILES string of the molecule is CN(C(=O)C1C2CC3CC(C2)CC1C3)C(CN)C1CC1. The predicted molar refractivity (Wildman–Crippen MR) is 78.9 cm³/mol. The highest BCUT2D eigenvalue weighted by atomic mass is 16.2. The molecule has 3 heteroatoms. The van der Waals surface area contributed by atoms with Crippen molar-refractivity contribution >= 4 is 5.91 Å². The van der Waals surface area contributed by atoms with E-state index in [-0.39, 0.29) is 0 Å². The topological polar surface area (TPSA) is 46.3 Å². The van der Waals surface area contributed by atoms with Crippen LogP contribution in [0.3, 0.4) is 0 Å². The summed E-state index contributed by atoms with van der Waals surface area (Å²) in [7, 11) is 2.02. The number of likely N-dealkylation sites (N-methyl/N-ethyl adjacent to an activating group) is 1. The van der Waals surface area contributed by atoms with Crippen LogP contribution in [0.15, 0.2) is 0 Å². The zero-order chi connectivity index (χ0) is 13.9. The first-order valence-electron chi connectivity index (χ1n) is 8.64. The van der Waals surface area contributed by atoms with Crippen molar-refractivity contribution < 1.29 is 4.79 Å². The summed E-state index contributed by atoms with van der Waals surface area (Å²) in [6.45, 7) is 0.639. The zero-order valence-electron chi connectivity index (χ0n) is 12.6. The molecule has 0 aromatic heterocycles. The predicted octanol–water partition coefficient (Wildman–Crippen LogP) is 2.25. The third-order valence-corrected chi connectivity index (χ3v) is 6.76. The van der Waals surface area contributed by atoms with Crippen LogP contribution >= 0.6 is 0 Å². The average molecular weight is 276 g/mol. The molecule has 0 spiro atoms. The van der Waals surface area contributed by atoms with Crippen molar-refractivity contribution in [2.24, 2.45) is 41.2 Å². The largest absolute Gasteiger partial charge is 0.341 e. The molecule has 4 bridgehead atoms. The maximum atomic E-state index is 13.0. The van der Waals surface area contributed by atoms with Gasteiger partial charge in [0.25, 0.3) is 0 Å². The lowest BCUT2D eigenvalue weighted by atomic mass is 9.51. The minimum Gasteiger partial charge on any atom is -0.341 e. The molecule has 0 radical (unpaired) electrons. The summed E-state index contributed by atoms with van der Waals surface area (Å²) in [6.07, 6.45) is 9.30. The van der Waals surface area contributed by atoms with Crippen LogP contribution in [0.2, 0.25) is 0 Å². The van der Waals surface area contributed by atoms with Gasteiger partial charge in [-0.25, -0.2) is 0 Å². The third-order valence-electron chi connectivity index (χ3n) is 6.76. The molecule has 20 heavy (non-hydrogen) atoms. The Kier molecular flexibility index (Phi) is 3.10. The fourth-order valence-corrected chi connectivity index (χ4v) is 5.87. The van der Waals surface area contributed by atoms with Crippen molar-refractivity contribution in [3.05, 3.63) is 0 Å². The van der Waals surface area contributed by atoms with Gasteiger partial charge in [-0.3, -0.25) is 4.79 Å². The van der Waals surface area contributed by atoms with Crippen molar-refractivity contribution in [3.8, 4) is 0 Å². The number of nitrogens with two attached hydrogens (primary N) is 1. The van der Waals surface area contributed by atoms with Crippen LogP contribution in [0.4, 0.5) is 0 Å². The second-order valence-electron chi connectivity index (χ2n) is 8.05. The van der Waals surface area contributed by atoms with E-state index in [1.54, 1.807) is 0 Å². The molecule has 112 valence electrons. The Morgan fingerprint density at radius 2 is 1.65 bits per heavy atom. The number of carbonyl (C=O) groups excluding carboxylic acids is 1. The van der Waals surface area contributed by atoms with E-state index >= 15 is 0 Å². The number of amides is 1. The summed E-state index contributed by atoms with van der Waals surface area (Å²) in [6, 6.07) is 0.305. The number of hydrogen-bond acceptors (Lipinski definition) is 2. The zero-order valence-corrected chi connectivity index (χ0v) is 12.6. The molecule has 5 saturated carbocycles. The van der Waals surface area contributed by atoms with E-state index in [9.17, 15) is 4.79 Å². The van der Waals surface area contributed by atoms with Gasteiger partial charge >= 0.3 is 0 Å². The van der Waals surface area contributed by atoms with Crippen LogP contribution in [0.5, 0.6) is 0 Å². The van der Waals surface area contributed by atoms with Gasteiger partial charge in [-0.2, -0.15) is 0 Å². The molecule has 5 rings (SSSR count). The van der Waals surface area contributed by atoms with Crippen LogP contribution < -0.4 is 5.73 Å². The molecule has 0 heterocycles. The van der Waals surface area contributed by atoms with E-state index in [2.05, 4.69) is 0 Å². The smallest absolute Gasteiger partial charge is 0.226 e. The Labute approximate surface area is 122 Å². The number of carbonyl (C=O) groups is 1. The van der Waals surface area contributed by atoms with Crippen molar-refractivity contribution in [2.45, 2.75) is 51.0 Å². The summed E-state index contributed by atoms with van der Waals surface area (Å²) >= 11 is 0. The molecule has 0 aromatic carbocycles. The van der Waals surface area contributed by atoms with Crippen molar-refractivity contribution in [1.82, 2.24) is 4.90 Å². The van der Waals surface area contributed by atoms with E-state index < -0.39 is 0 Å². The second kappa shape index (κ2) is 4.72. The standard InChI is InChI=1S/C17H28N2O/c1-19(15(9-18)12-2-3-12)17(20)16-13-5-10-4-11(7-13)8-14(16)6-10/h10-16H,2-9,18H2,1H3. The first-order valence-corrected chi connectivity index (χ1v) is 8.64. The van der Waals surface area contributed by atoms with E-state index in [1.807, 2.05) is 11.9 Å². The normalized spacial score (nSPS) is 43.6. The molecule has 1 atom stereocenters. The molecular weight excluding hydrogens is 248 g/mol. The van der Waals surface area contributed by atoms with E-state index in [4.69, 9.17) is 5.73 Å². The Hall–Kier alpha value is -0.570. The Bertz CT molecular complexity index is 376. The molecule has 0 aliphatic heterocycles. The van der Waals surface area contributed by atoms with Crippen molar-refractivity contribution in [1.29, 1.82) is 0 Å². The van der Waals surface area contributed by atoms with E-state index in [0.717, 1.165) is 11.8 Å². The third kappa shape index (κ3) is 2.01. The molecular formula is C17H28N2O. The molecule has 0 aromatic rings. The summed E-state index contributed by atoms with van der Waals surface area (Å²) < 4.78 is 0. The van der Waals surface area contributed by atoms with E-state index in [1.165, 1.54) is 44.9 Å². The summed E-state index contributed by atoms with van der Waals surface area (Å²) in [5, 5.41) is 0. The first-order chi connectivity index (χ1) is 9.67. The van der Waals surface area contributed by atoms with Crippen LogP contribution in [-0.4, -0.2) is 30.4 Å². The van der Waals surface area contributed by atoms with Gasteiger partial charge in [0, 0.05) is 25.6 Å². The van der Waals surface area contributed by atoms with Gasteiger partial charge in [-0.05, 0) is 74.5 Å². The maximum absolute atomic E-state index is 13.0. The average Bonchev–Trinajstić information content (AvgIpc) is 3.22. The quantitative estimate of drug-likeness (QED) is 0.856. The summed E-state index contributed by atoms with van der Waals surface area (Å²) in [5.41, 5.74) is 5.93. The summed E-state index contributed by atoms with van der Waals surface area (Å²) in [5.74, 6) is 4.73. The van der Waals surface area contributed by atoms with Crippen molar-refractivity contribution in [2.75, 3.05) is 13.6 Å². The second-order valence-corrected chi connectivity index (χ2v) is 8.05. The van der Waals surface area contributed by atoms with Crippen LogP contribution in [0.25, 0.3) is 0 Å². The number of hydrogen-bond donors (Lipinski definition) is 1. The Morgan fingerprint density at radius 1 is 1.10 bits per heavy atom. The molecule has 5 fully saturated rings. The number of nitrogens with zero attached hydrogens (tertiary/aromatic N) is 1. The van der Waals surface area contributed by atoms with Crippen LogP contribution in [0, 0.1) is 35.5 Å². The van der Waals surface area contributed by atoms with Gasteiger partial charge in [-0.1, -0.05) is 0 Å². The van der Waals surface area contributed by atoms with Gasteiger partial charge < -0.3 is 10.6 Å². The maximum Gasteiger partial charge on any atom is 0.226 e. The lowest BCUT2D eigenvalue weighted by molar-refractivity contribution is -0.150. The van der Waals surface area contributed by atoms with Gasteiger partial charge in [0.2, 0.25) is 5.91 Å². The fourth-order valence-electron chi connectivity index (χ4n) is 5.87. The van der Waals surface area contributed by atoms with Gasteiger partial charge in [0.15, 0.2) is 0 Å². The molecule has 5 aliphatic rings. The number of rotatable bonds is 4. The molecule has 1 unspecified atom stereocenters. The molecule has 0 saturated heterocycles. The van der Waals surface area contributed by atoms with Crippen molar-refractivity contribution in [3.63, 3.8) is 0 Å². The fraction of sp³-hybridized carbons (Fsp3) is 0.941. The molecule has 1 amide bonds. The summed E-state index contributed by atoms with van der Waals surface area (Å²) in [4.78, 5) is 15.1. The van der Waals surface area contributed by atoms with Crippen LogP contribution in [0.1, 0.15) is 44.9 Å². The van der Waals surface area contributed by atoms with Gasteiger partial charge in [0.1, 0.15) is 0 Å². The Balaban J connectivity index is 1.50. The lowest BCUT2D eigenvalue weighted by Crippen LogP contribution is -2.54. The highest BCUT2D eigenvalue weighted by Gasteiger charge is 2.52. The highest BCUT2D eigenvalue weighted by Crippen LogP contribution is 2.57. The minimum absolute atomic E-state index is 0.305. The molecule has 5 aliphatic carbocycles. The van der Waals surface area contributed by atoms with Crippen LogP contribution in [-0.2, 0) is 4.79 Å². The lowest BCUT2D eigenvalue weighted by Gasteiger charge is -2.54. The van der Waals surface area contributed by atoms with E-state index in [0.29, 0.717) is 42.2 Å². The molecule has 3 nitrogen and oxygen atoms in total. The first kappa shape index (κ1) is 13.1. The van der Waals surface area contributed by atoms with Gasteiger partial charge in [0.05, 0.1) is 0 Å².